The van der Waals surface area contributed by atoms with Gasteiger partial charge in [0.05, 0.1) is 18.9 Å². The van der Waals surface area contributed by atoms with E-state index in [-0.39, 0.29) is 0 Å². The highest BCUT2D eigenvalue weighted by atomic mass is 19.4. The predicted octanol–water partition coefficient (Wildman–Crippen LogP) is 3.49. The highest BCUT2D eigenvalue weighted by Gasteiger charge is 2.45. The van der Waals surface area contributed by atoms with Crippen molar-refractivity contribution < 1.29 is 60.0 Å². The summed E-state index contributed by atoms with van der Waals surface area (Å²) in [6.07, 6.45) is -4.39. The van der Waals surface area contributed by atoms with Gasteiger partial charge in [0, 0.05) is 58.5 Å². The minimum Gasteiger partial charge on any atom is -0.475 e. The largest absolute Gasteiger partial charge is 0.490 e. The fraction of sp³-hybridized carbons (Fsp3) is 0.739. The van der Waals surface area contributed by atoms with Gasteiger partial charge in [-0.3, -0.25) is 9.80 Å². The number of hydrogen-bond acceptors (Lipinski definition) is 7. The van der Waals surface area contributed by atoms with Gasteiger partial charge in [-0.15, -0.1) is 0 Å². The molecule has 0 unspecified atom stereocenters. The highest BCUT2D eigenvalue weighted by molar-refractivity contribution is 5.73. The molecule has 2 N–H and O–H groups in total. The zero-order valence-electron chi connectivity index (χ0n) is 20.7. The van der Waals surface area contributed by atoms with Crippen LogP contribution < -0.4 is 0 Å². The Kier molecular flexibility index (Phi) is 11.9. The summed E-state index contributed by atoms with van der Waals surface area (Å²) in [5, 5.41) is 14.2. The Morgan fingerprint density at radius 3 is 2.08 bits per heavy atom. The van der Waals surface area contributed by atoms with Crippen molar-refractivity contribution in [1.29, 1.82) is 0 Å². The van der Waals surface area contributed by atoms with Gasteiger partial charge in [-0.05, 0) is 37.3 Å². The van der Waals surface area contributed by atoms with E-state index in [4.69, 9.17) is 33.7 Å². The number of carbonyl (C=O) groups is 2. The van der Waals surface area contributed by atoms with Crippen molar-refractivity contribution in [3.05, 3.63) is 24.2 Å². The lowest BCUT2D eigenvalue weighted by molar-refractivity contribution is -0.193. The third-order valence-corrected chi connectivity index (χ3v) is 6.64. The molecule has 4 rings (SSSR count). The zero-order valence-corrected chi connectivity index (χ0v) is 20.7. The molecular weight excluding hydrogens is 530 g/mol. The second-order valence-electron chi connectivity index (χ2n) is 9.22. The number of rotatable bonds is 5. The van der Waals surface area contributed by atoms with Crippen molar-refractivity contribution in [1.82, 2.24) is 9.80 Å². The Morgan fingerprint density at radius 2 is 1.61 bits per heavy atom. The summed E-state index contributed by atoms with van der Waals surface area (Å²) in [5.74, 6) is -3.02. The summed E-state index contributed by atoms with van der Waals surface area (Å²) in [4.78, 5) is 23.1. The van der Waals surface area contributed by atoms with Crippen LogP contribution in [0.15, 0.2) is 22.8 Å². The van der Waals surface area contributed by atoms with E-state index in [1.54, 1.807) is 6.26 Å². The lowest BCUT2D eigenvalue weighted by Crippen LogP contribution is -2.52. The number of nitrogens with zero attached hydrogens (tertiary/aromatic N) is 2. The van der Waals surface area contributed by atoms with Gasteiger partial charge < -0.3 is 24.1 Å². The Balaban J connectivity index is 0.000000301. The van der Waals surface area contributed by atoms with Crippen molar-refractivity contribution in [3.8, 4) is 0 Å². The lowest BCUT2D eigenvalue weighted by atomic mass is 9.87. The number of aliphatic carboxylic acids is 2. The third kappa shape index (κ3) is 10.1. The Morgan fingerprint density at radius 1 is 1.03 bits per heavy atom. The Hall–Kier alpha value is -2.36. The van der Waals surface area contributed by atoms with Crippen LogP contribution in [0, 0.1) is 11.8 Å². The molecule has 15 heteroatoms. The molecule has 1 aromatic heterocycles. The molecule has 4 heterocycles. The molecule has 1 aromatic rings. The monoisotopic (exact) mass is 562 g/mol. The van der Waals surface area contributed by atoms with E-state index in [9.17, 15) is 26.3 Å². The van der Waals surface area contributed by atoms with Gasteiger partial charge in [0.1, 0.15) is 5.76 Å². The molecule has 3 aliphatic rings. The third-order valence-electron chi connectivity index (χ3n) is 6.64. The topological polar surface area (TPSA) is 113 Å². The number of fused-ring (bicyclic) bond motifs is 1. The first-order valence-corrected chi connectivity index (χ1v) is 11.9. The van der Waals surface area contributed by atoms with Gasteiger partial charge in [-0.1, -0.05) is 0 Å². The van der Waals surface area contributed by atoms with E-state index >= 15 is 0 Å². The van der Waals surface area contributed by atoms with E-state index in [1.807, 2.05) is 13.2 Å². The summed E-state index contributed by atoms with van der Waals surface area (Å²) >= 11 is 0. The maximum absolute atomic E-state index is 10.6. The first kappa shape index (κ1) is 31.9. The summed E-state index contributed by atoms with van der Waals surface area (Å²) in [6, 6.07) is 4.69. The second-order valence-corrected chi connectivity index (χ2v) is 9.22. The van der Waals surface area contributed by atoms with E-state index in [0.29, 0.717) is 18.1 Å². The molecule has 218 valence electrons. The van der Waals surface area contributed by atoms with Gasteiger partial charge >= 0.3 is 24.3 Å². The summed E-state index contributed by atoms with van der Waals surface area (Å²) in [5.41, 5.74) is 0. The minimum atomic E-state index is -5.08. The van der Waals surface area contributed by atoms with Crippen LogP contribution in [0.3, 0.4) is 0 Å². The maximum Gasteiger partial charge on any atom is 0.490 e. The zero-order chi connectivity index (χ0) is 28.5. The normalized spacial score (nSPS) is 25.0. The minimum absolute atomic E-state index is 0.405. The average molecular weight is 563 g/mol. The SMILES string of the molecule is CO[C@@H]1CCN(CC2CCOCC2)[C@@H]2CN(Cc3ccco3)C[C@@H]21.O=C(O)C(F)(F)F.O=C(O)C(F)(F)F. The number of piperidine rings is 1. The number of carboxylic acids is 2. The smallest absolute Gasteiger partial charge is 0.475 e. The molecule has 0 amide bonds. The second kappa shape index (κ2) is 14.1. The molecule has 3 fully saturated rings. The number of hydrogen-bond donors (Lipinski definition) is 2. The Bertz CT molecular complexity index is 835. The molecule has 0 aromatic carbocycles. The van der Waals surface area contributed by atoms with Crippen molar-refractivity contribution in [2.24, 2.45) is 11.8 Å². The highest BCUT2D eigenvalue weighted by Crippen LogP contribution is 2.34. The van der Waals surface area contributed by atoms with Gasteiger partial charge in [-0.2, -0.15) is 26.3 Å². The number of carboxylic acid groups (broad SMARTS) is 2. The molecule has 0 spiro atoms. The molecule has 0 saturated carbocycles. The van der Waals surface area contributed by atoms with Crippen molar-refractivity contribution in [2.45, 2.75) is 50.3 Å². The molecule has 3 saturated heterocycles. The first-order chi connectivity index (χ1) is 17.7. The molecule has 0 radical (unpaired) electrons. The summed E-state index contributed by atoms with van der Waals surface area (Å²) in [7, 11) is 1.88. The first-order valence-electron chi connectivity index (χ1n) is 11.9. The molecule has 0 aliphatic carbocycles. The number of methoxy groups -OCH3 is 1. The van der Waals surface area contributed by atoms with Crippen LogP contribution in [0.4, 0.5) is 26.3 Å². The van der Waals surface area contributed by atoms with E-state index < -0.39 is 24.3 Å². The standard InChI is InChI=1S/C19H30N2O3.2C2HF3O2/c1-22-19-4-7-21(11-15-5-9-23-10-6-15)18-14-20(13-17(18)19)12-16-3-2-8-24-16;2*3-2(4,5)1(6)7/h2-3,8,15,17-19H,4-7,9-14H2,1H3;2*(H,6,7)/t17-,18+,19+;;/m0../s1. The van der Waals surface area contributed by atoms with Crippen LogP contribution in [0.5, 0.6) is 0 Å². The van der Waals surface area contributed by atoms with Crippen molar-refractivity contribution in [2.75, 3.05) is 46.5 Å². The van der Waals surface area contributed by atoms with Crippen LogP contribution >= 0.6 is 0 Å². The lowest BCUT2D eigenvalue weighted by Gasteiger charge is -2.43. The number of likely N-dealkylation sites (tertiary alicyclic amines) is 2. The van der Waals surface area contributed by atoms with E-state index in [1.165, 1.54) is 25.9 Å². The van der Waals surface area contributed by atoms with Crippen molar-refractivity contribution >= 4 is 11.9 Å². The average Bonchev–Trinajstić information content (AvgIpc) is 3.50. The molecule has 3 aliphatic heterocycles. The van der Waals surface area contributed by atoms with Gasteiger partial charge in [0.2, 0.25) is 0 Å². The number of furan rings is 1. The number of ether oxygens (including phenoxy) is 2. The molecule has 9 nitrogen and oxygen atoms in total. The van der Waals surface area contributed by atoms with Gasteiger partial charge in [-0.25, -0.2) is 9.59 Å². The maximum atomic E-state index is 10.6. The van der Waals surface area contributed by atoms with Crippen LogP contribution in [0.2, 0.25) is 0 Å². The van der Waals surface area contributed by atoms with Crippen LogP contribution in [-0.2, 0) is 25.6 Å². The molecule has 38 heavy (non-hydrogen) atoms. The summed E-state index contributed by atoms with van der Waals surface area (Å²) in [6.45, 7) is 7.46. The predicted molar refractivity (Wildman–Crippen MR) is 119 cm³/mol. The number of halogens is 6. The molecule has 0 bridgehead atoms. The van der Waals surface area contributed by atoms with Gasteiger partial charge in [0.25, 0.3) is 0 Å². The van der Waals surface area contributed by atoms with Gasteiger partial charge in [0.15, 0.2) is 0 Å². The van der Waals surface area contributed by atoms with Crippen LogP contribution in [0.25, 0.3) is 0 Å². The number of alkyl halides is 6. The Labute approximate surface area is 215 Å². The quantitative estimate of drug-likeness (QED) is 0.521. The van der Waals surface area contributed by atoms with Crippen LogP contribution in [-0.4, -0.2) is 103 Å². The fourth-order valence-electron chi connectivity index (χ4n) is 4.85. The molecular formula is C23H32F6N2O7. The van der Waals surface area contributed by atoms with Crippen molar-refractivity contribution in [3.63, 3.8) is 0 Å². The molecule has 3 atom stereocenters. The fourth-order valence-corrected chi connectivity index (χ4v) is 4.85. The van der Waals surface area contributed by atoms with E-state index in [0.717, 1.165) is 50.9 Å². The van der Waals surface area contributed by atoms with E-state index in [2.05, 4.69) is 15.9 Å². The van der Waals surface area contributed by atoms with Crippen LogP contribution in [0.1, 0.15) is 25.0 Å². The summed E-state index contributed by atoms with van der Waals surface area (Å²) < 4.78 is 80.4.